The van der Waals surface area contributed by atoms with Crippen molar-refractivity contribution in [1.29, 1.82) is 5.26 Å². The van der Waals surface area contributed by atoms with Crippen molar-refractivity contribution in [3.05, 3.63) is 40.0 Å². The van der Waals surface area contributed by atoms with Gasteiger partial charge in [0.05, 0.1) is 11.1 Å². The Morgan fingerprint density at radius 2 is 2.00 bits per heavy atom. The number of para-hydroxylation sites is 1. The maximum atomic E-state index is 9.21. The predicted octanol–water partition coefficient (Wildman–Crippen LogP) is 4.17. The number of benzene rings is 1. The van der Waals surface area contributed by atoms with E-state index >= 15 is 0 Å². The van der Waals surface area contributed by atoms with Crippen molar-refractivity contribution >= 4 is 26.8 Å². The van der Waals surface area contributed by atoms with Gasteiger partial charge in [0.25, 0.3) is 0 Å². The molecule has 0 spiro atoms. The summed E-state index contributed by atoms with van der Waals surface area (Å²) in [6.07, 6.45) is 1.66. The molecule has 3 heteroatoms. The van der Waals surface area contributed by atoms with Crippen LogP contribution in [0.5, 0.6) is 0 Å². The van der Waals surface area contributed by atoms with Crippen LogP contribution in [0.4, 0.5) is 0 Å². The Morgan fingerprint density at radius 3 is 2.59 bits per heavy atom. The van der Waals surface area contributed by atoms with E-state index in [1.807, 2.05) is 18.2 Å². The maximum absolute atomic E-state index is 9.21. The van der Waals surface area contributed by atoms with E-state index in [0.717, 1.165) is 20.9 Å². The van der Waals surface area contributed by atoms with Gasteiger partial charge in [-0.15, -0.1) is 0 Å². The van der Waals surface area contributed by atoms with Crippen LogP contribution in [0, 0.1) is 11.3 Å². The number of pyridine rings is 1. The fourth-order valence-corrected chi connectivity index (χ4v) is 2.55. The Bertz CT molecular complexity index is 618. The third-order valence-corrected chi connectivity index (χ3v) is 3.36. The highest BCUT2D eigenvalue weighted by atomic mass is 79.9. The van der Waals surface area contributed by atoms with Crippen LogP contribution in [-0.2, 0) is 5.41 Å². The molecule has 0 fully saturated rings. The molecule has 0 N–H and O–H groups in total. The fourth-order valence-electron chi connectivity index (χ4n) is 2.08. The van der Waals surface area contributed by atoms with Crippen LogP contribution >= 0.6 is 15.9 Å². The van der Waals surface area contributed by atoms with Crippen LogP contribution in [0.25, 0.3) is 10.9 Å². The predicted molar refractivity (Wildman–Crippen MR) is 72.9 cm³/mol. The summed E-state index contributed by atoms with van der Waals surface area (Å²) in [5, 5.41) is 10.3. The van der Waals surface area contributed by atoms with Crippen molar-refractivity contribution in [2.45, 2.75) is 26.2 Å². The van der Waals surface area contributed by atoms with E-state index in [0.29, 0.717) is 5.56 Å². The molecule has 1 aromatic carbocycles. The van der Waals surface area contributed by atoms with Crippen molar-refractivity contribution in [2.24, 2.45) is 0 Å². The lowest BCUT2D eigenvalue weighted by atomic mass is 9.82. The molecule has 2 nitrogen and oxygen atoms in total. The molecule has 0 aliphatic rings. The molecular formula is C14H13BrN2. The quantitative estimate of drug-likeness (QED) is 0.730. The normalized spacial score (nSPS) is 11.5. The second-order valence-electron chi connectivity index (χ2n) is 5.04. The standard InChI is InChI=1S/C14H13BrN2/c1-14(2,3)12-9(7-16)8-17-13-10(12)5-4-6-11(13)15/h4-6,8H,1-3H3. The fraction of sp³-hybridized carbons (Fsp3) is 0.286. The molecule has 0 saturated heterocycles. The molecule has 0 bridgehead atoms. The maximum Gasteiger partial charge on any atom is 0.101 e. The third kappa shape index (κ3) is 2.05. The SMILES string of the molecule is CC(C)(C)c1c(C#N)cnc2c(Br)cccc12. The topological polar surface area (TPSA) is 36.7 Å². The first-order chi connectivity index (χ1) is 7.95. The summed E-state index contributed by atoms with van der Waals surface area (Å²) < 4.78 is 0.963. The van der Waals surface area contributed by atoms with Gasteiger partial charge < -0.3 is 0 Å². The molecule has 2 rings (SSSR count). The zero-order chi connectivity index (χ0) is 12.6. The number of hydrogen-bond donors (Lipinski definition) is 0. The molecule has 0 unspecified atom stereocenters. The van der Waals surface area contributed by atoms with Crippen LogP contribution in [0.1, 0.15) is 31.9 Å². The monoisotopic (exact) mass is 288 g/mol. The van der Waals surface area contributed by atoms with Gasteiger partial charge >= 0.3 is 0 Å². The third-order valence-electron chi connectivity index (χ3n) is 2.72. The minimum atomic E-state index is -0.0763. The Labute approximate surface area is 109 Å². The highest BCUT2D eigenvalue weighted by Gasteiger charge is 2.22. The average Bonchev–Trinajstić information content (AvgIpc) is 2.26. The van der Waals surface area contributed by atoms with E-state index in [4.69, 9.17) is 0 Å². The number of halogens is 1. The van der Waals surface area contributed by atoms with Crippen LogP contribution in [0.15, 0.2) is 28.9 Å². The van der Waals surface area contributed by atoms with Gasteiger partial charge in [0.2, 0.25) is 0 Å². The summed E-state index contributed by atoms with van der Waals surface area (Å²) in [6.45, 7) is 6.34. The van der Waals surface area contributed by atoms with Crippen LogP contribution in [-0.4, -0.2) is 4.98 Å². The van der Waals surface area contributed by atoms with Crippen molar-refractivity contribution < 1.29 is 0 Å². The summed E-state index contributed by atoms with van der Waals surface area (Å²) in [6, 6.07) is 8.20. The molecule has 2 aromatic rings. The number of fused-ring (bicyclic) bond motifs is 1. The largest absolute Gasteiger partial charge is 0.254 e. The first kappa shape index (κ1) is 12.1. The minimum Gasteiger partial charge on any atom is -0.254 e. The van der Waals surface area contributed by atoms with Gasteiger partial charge in [0.1, 0.15) is 6.07 Å². The van der Waals surface area contributed by atoms with Crippen LogP contribution < -0.4 is 0 Å². The molecule has 86 valence electrons. The zero-order valence-electron chi connectivity index (χ0n) is 10.1. The van der Waals surface area contributed by atoms with Crippen LogP contribution in [0.2, 0.25) is 0 Å². The first-order valence-corrected chi connectivity index (χ1v) is 6.22. The second-order valence-corrected chi connectivity index (χ2v) is 5.90. The second kappa shape index (κ2) is 4.12. The molecule has 0 aliphatic heterocycles. The minimum absolute atomic E-state index is 0.0763. The van der Waals surface area contributed by atoms with E-state index in [-0.39, 0.29) is 5.41 Å². The summed E-state index contributed by atoms with van der Waals surface area (Å²) in [5.74, 6) is 0. The molecule has 0 aliphatic carbocycles. The van der Waals surface area contributed by atoms with Crippen molar-refractivity contribution in [3.63, 3.8) is 0 Å². The molecule has 0 radical (unpaired) electrons. The smallest absolute Gasteiger partial charge is 0.101 e. The molecule has 17 heavy (non-hydrogen) atoms. The van der Waals surface area contributed by atoms with Gasteiger partial charge in [-0.3, -0.25) is 4.98 Å². The highest BCUT2D eigenvalue weighted by Crippen LogP contribution is 2.34. The Kier molecular flexibility index (Phi) is 2.92. The zero-order valence-corrected chi connectivity index (χ0v) is 11.7. The van der Waals surface area contributed by atoms with E-state index in [1.165, 1.54) is 0 Å². The van der Waals surface area contributed by atoms with Gasteiger partial charge in [-0.1, -0.05) is 32.9 Å². The molecular weight excluding hydrogens is 276 g/mol. The summed E-state index contributed by atoms with van der Waals surface area (Å²) >= 11 is 3.50. The summed E-state index contributed by atoms with van der Waals surface area (Å²) in [4.78, 5) is 4.36. The van der Waals surface area contributed by atoms with Gasteiger partial charge in [-0.2, -0.15) is 5.26 Å². The lowest BCUT2D eigenvalue weighted by Crippen LogP contribution is -2.14. The Balaban J connectivity index is 2.96. The highest BCUT2D eigenvalue weighted by molar-refractivity contribution is 9.10. The van der Waals surface area contributed by atoms with Gasteiger partial charge in [-0.05, 0) is 33.0 Å². The molecule has 0 saturated carbocycles. The number of nitriles is 1. The van der Waals surface area contributed by atoms with E-state index in [9.17, 15) is 5.26 Å². The van der Waals surface area contributed by atoms with Gasteiger partial charge in [-0.25, -0.2) is 0 Å². The Hall–Kier alpha value is -1.40. The van der Waals surface area contributed by atoms with E-state index in [1.54, 1.807) is 6.20 Å². The van der Waals surface area contributed by atoms with Crippen molar-refractivity contribution in [3.8, 4) is 6.07 Å². The van der Waals surface area contributed by atoms with Crippen molar-refractivity contribution in [1.82, 2.24) is 4.98 Å². The van der Waals surface area contributed by atoms with E-state index in [2.05, 4.69) is 47.8 Å². The number of rotatable bonds is 0. The lowest BCUT2D eigenvalue weighted by Gasteiger charge is -2.22. The summed E-state index contributed by atoms with van der Waals surface area (Å²) in [7, 11) is 0. The van der Waals surface area contributed by atoms with Crippen molar-refractivity contribution in [2.75, 3.05) is 0 Å². The first-order valence-electron chi connectivity index (χ1n) is 5.43. The number of hydrogen-bond acceptors (Lipinski definition) is 2. The molecule has 0 atom stereocenters. The average molecular weight is 289 g/mol. The van der Waals surface area contributed by atoms with Gasteiger partial charge in [0, 0.05) is 16.1 Å². The molecule has 1 heterocycles. The van der Waals surface area contributed by atoms with Gasteiger partial charge in [0.15, 0.2) is 0 Å². The van der Waals surface area contributed by atoms with E-state index < -0.39 is 0 Å². The lowest BCUT2D eigenvalue weighted by molar-refractivity contribution is 0.593. The number of nitrogens with zero attached hydrogens (tertiary/aromatic N) is 2. The molecule has 0 amide bonds. The molecule has 1 aromatic heterocycles. The Morgan fingerprint density at radius 1 is 1.29 bits per heavy atom. The van der Waals surface area contributed by atoms with Crippen LogP contribution in [0.3, 0.4) is 0 Å². The number of aromatic nitrogens is 1. The summed E-state index contributed by atoms with van der Waals surface area (Å²) in [5.41, 5.74) is 2.55.